The molecule has 1 aliphatic carbocycles. The fraction of sp³-hybridized carbons (Fsp3) is 0.250. The topological polar surface area (TPSA) is 64.0 Å². The minimum atomic E-state index is -3.87. The van der Waals surface area contributed by atoms with Crippen molar-refractivity contribution in [2.24, 2.45) is 0 Å². The van der Waals surface area contributed by atoms with Crippen LogP contribution < -0.4 is 4.72 Å². The van der Waals surface area contributed by atoms with Crippen molar-refractivity contribution in [1.82, 2.24) is 9.78 Å². The largest absolute Gasteiger partial charge is 0.279 e. The van der Waals surface area contributed by atoms with Gasteiger partial charge < -0.3 is 0 Å². The van der Waals surface area contributed by atoms with E-state index in [9.17, 15) is 8.42 Å². The molecule has 4 rings (SSSR count). The van der Waals surface area contributed by atoms with Crippen molar-refractivity contribution in [2.45, 2.75) is 36.6 Å². The third-order valence-electron chi connectivity index (χ3n) is 4.91. The number of hydrogen-bond acceptors (Lipinski definition) is 3. The highest BCUT2D eigenvalue weighted by molar-refractivity contribution is 7.92. The van der Waals surface area contributed by atoms with E-state index in [-0.39, 0.29) is 16.0 Å². The second-order valence-corrected chi connectivity index (χ2v) is 9.33. The number of rotatable bonds is 5. The number of halogens is 2. The molecule has 146 valence electrons. The van der Waals surface area contributed by atoms with E-state index in [0.29, 0.717) is 16.4 Å². The van der Waals surface area contributed by atoms with Crippen LogP contribution in [0.2, 0.25) is 10.0 Å². The molecule has 1 aromatic heterocycles. The van der Waals surface area contributed by atoms with Crippen LogP contribution in [-0.2, 0) is 10.0 Å². The molecule has 3 aromatic rings. The Morgan fingerprint density at radius 3 is 2.39 bits per heavy atom. The number of aromatic nitrogens is 2. The number of anilines is 1. The Balaban J connectivity index is 1.76. The number of benzene rings is 2. The van der Waals surface area contributed by atoms with Crippen LogP contribution in [0.5, 0.6) is 0 Å². The third-order valence-corrected chi connectivity index (χ3v) is 7.03. The zero-order valence-electron chi connectivity index (χ0n) is 15.0. The van der Waals surface area contributed by atoms with Crippen molar-refractivity contribution < 1.29 is 8.42 Å². The van der Waals surface area contributed by atoms with E-state index >= 15 is 0 Å². The Kier molecular flexibility index (Phi) is 5.36. The van der Waals surface area contributed by atoms with E-state index in [4.69, 9.17) is 23.2 Å². The highest BCUT2D eigenvalue weighted by Gasteiger charge is 2.27. The molecular weight excluding hydrogens is 417 g/mol. The van der Waals surface area contributed by atoms with Crippen molar-refractivity contribution in [3.8, 4) is 11.3 Å². The summed E-state index contributed by atoms with van der Waals surface area (Å²) in [6.45, 7) is 0. The molecule has 1 fully saturated rings. The summed E-state index contributed by atoms with van der Waals surface area (Å²) in [7, 11) is -3.87. The molecule has 0 saturated heterocycles. The van der Waals surface area contributed by atoms with Gasteiger partial charge in [0.25, 0.3) is 10.0 Å². The Labute approximate surface area is 174 Å². The fourth-order valence-electron chi connectivity index (χ4n) is 3.49. The Bertz CT molecular complexity index is 1090. The normalized spacial score (nSPS) is 15.1. The van der Waals surface area contributed by atoms with Crippen LogP contribution in [0.15, 0.2) is 59.6 Å². The van der Waals surface area contributed by atoms with E-state index < -0.39 is 10.0 Å². The lowest BCUT2D eigenvalue weighted by atomic mass is 10.2. The highest BCUT2D eigenvalue weighted by atomic mass is 35.5. The van der Waals surface area contributed by atoms with Crippen LogP contribution in [-0.4, -0.2) is 18.2 Å². The Hall–Kier alpha value is -2.02. The van der Waals surface area contributed by atoms with Gasteiger partial charge in [0.1, 0.15) is 10.6 Å². The third kappa shape index (κ3) is 3.90. The van der Waals surface area contributed by atoms with Crippen molar-refractivity contribution in [3.05, 3.63) is 64.8 Å². The standard InChI is InChI=1S/C20H19Cl2N3O2S/c21-17-11-10-15(12-18(17)22)24-28(26,27)19-13-25(16-8-4-5-9-16)23-20(19)14-6-2-1-3-7-14/h1-3,6-7,10-13,16,24H,4-5,8-9H2. The maximum Gasteiger partial charge on any atom is 0.265 e. The van der Waals surface area contributed by atoms with Gasteiger partial charge in [0.2, 0.25) is 0 Å². The first-order valence-corrected chi connectivity index (χ1v) is 11.3. The summed E-state index contributed by atoms with van der Waals surface area (Å²) in [6, 6.07) is 14.2. The summed E-state index contributed by atoms with van der Waals surface area (Å²) in [5, 5.41) is 5.30. The summed E-state index contributed by atoms with van der Waals surface area (Å²) in [4.78, 5) is 0.150. The van der Waals surface area contributed by atoms with Crippen molar-refractivity contribution >= 4 is 38.9 Å². The number of sulfonamides is 1. The Morgan fingerprint density at radius 1 is 1.00 bits per heavy atom. The number of nitrogens with zero attached hydrogens (tertiary/aromatic N) is 2. The van der Waals surface area contributed by atoms with Gasteiger partial charge in [-0.15, -0.1) is 0 Å². The first-order chi connectivity index (χ1) is 13.4. The highest BCUT2D eigenvalue weighted by Crippen LogP contribution is 2.34. The summed E-state index contributed by atoms with van der Waals surface area (Å²) in [6.07, 6.45) is 5.92. The summed E-state index contributed by atoms with van der Waals surface area (Å²) < 4.78 is 30.8. The summed E-state index contributed by atoms with van der Waals surface area (Å²) >= 11 is 12.0. The predicted molar refractivity (Wildman–Crippen MR) is 112 cm³/mol. The fourth-order valence-corrected chi connectivity index (χ4v) is 5.00. The molecule has 1 N–H and O–H groups in total. The quantitative estimate of drug-likeness (QED) is 0.552. The van der Waals surface area contributed by atoms with E-state index in [1.807, 2.05) is 30.3 Å². The molecule has 0 aliphatic heterocycles. The van der Waals surface area contributed by atoms with Crippen LogP contribution in [0.3, 0.4) is 0 Å². The number of nitrogens with one attached hydrogen (secondary N) is 1. The van der Waals surface area contributed by atoms with Gasteiger partial charge in [0, 0.05) is 11.8 Å². The smallest absolute Gasteiger partial charge is 0.265 e. The van der Waals surface area contributed by atoms with Crippen LogP contribution in [0.1, 0.15) is 31.7 Å². The average Bonchev–Trinajstić information content (AvgIpc) is 3.35. The van der Waals surface area contributed by atoms with Crippen LogP contribution >= 0.6 is 23.2 Å². The number of hydrogen-bond donors (Lipinski definition) is 1. The zero-order valence-corrected chi connectivity index (χ0v) is 17.3. The molecule has 1 saturated carbocycles. The predicted octanol–water partition coefficient (Wildman–Crippen LogP) is 5.77. The minimum absolute atomic E-state index is 0.150. The SMILES string of the molecule is O=S(=O)(Nc1ccc(Cl)c(Cl)c1)c1cn(C2CCCC2)nc1-c1ccccc1. The van der Waals surface area contributed by atoms with Gasteiger partial charge in [-0.3, -0.25) is 9.40 Å². The van der Waals surface area contributed by atoms with Gasteiger partial charge in [-0.05, 0) is 31.0 Å². The lowest BCUT2D eigenvalue weighted by Crippen LogP contribution is -2.13. The molecule has 28 heavy (non-hydrogen) atoms. The van der Waals surface area contributed by atoms with Gasteiger partial charge in [-0.25, -0.2) is 8.42 Å². The molecule has 0 radical (unpaired) electrons. The molecule has 0 atom stereocenters. The van der Waals surface area contributed by atoms with Crippen LogP contribution in [0.25, 0.3) is 11.3 Å². The van der Waals surface area contributed by atoms with Gasteiger partial charge in [-0.2, -0.15) is 5.10 Å². The summed E-state index contributed by atoms with van der Waals surface area (Å²) in [5.74, 6) is 0. The van der Waals surface area contributed by atoms with Gasteiger partial charge in [-0.1, -0.05) is 66.4 Å². The minimum Gasteiger partial charge on any atom is -0.279 e. The molecule has 0 spiro atoms. The molecule has 8 heteroatoms. The zero-order chi connectivity index (χ0) is 19.7. The molecule has 1 heterocycles. The molecule has 1 aliphatic rings. The van der Waals surface area contributed by atoms with Gasteiger partial charge in [0.15, 0.2) is 0 Å². The van der Waals surface area contributed by atoms with Crippen LogP contribution in [0.4, 0.5) is 5.69 Å². The van der Waals surface area contributed by atoms with Crippen molar-refractivity contribution in [3.63, 3.8) is 0 Å². The van der Waals surface area contributed by atoms with Crippen molar-refractivity contribution in [1.29, 1.82) is 0 Å². The van der Waals surface area contributed by atoms with Crippen molar-refractivity contribution in [2.75, 3.05) is 4.72 Å². The van der Waals surface area contributed by atoms with Gasteiger partial charge >= 0.3 is 0 Å². The maximum atomic E-state index is 13.2. The molecule has 5 nitrogen and oxygen atoms in total. The van der Waals surface area contributed by atoms with E-state index in [0.717, 1.165) is 31.2 Å². The molecule has 2 aromatic carbocycles. The maximum absolute atomic E-state index is 13.2. The first kappa shape index (κ1) is 19.3. The Morgan fingerprint density at radius 2 is 1.71 bits per heavy atom. The molecule has 0 amide bonds. The van der Waals surface area contributed by atoms with E-state index in [2.05, 4.69) is 9.82 Å². The van der Waals surface area contributed by atoms with Gasteiger partial charge in [0.05, 0.1) is 21.8 Å². The van der Waals surface area contributed by atoms with E-state index in [1.54, 1.807) is 23.0 Å². The van der Waals surface area contributed by atoms with Crippen LogP contribution in [0, 0.1) is 0 Å². The molecule has 0 bridgehead atoms. The second-order valence-electron chi connectivity index (χ2n) is 6.86. The van der Waals surface area contributed by atoms with E-state index in [1.165, 1.54) is 6.07 Å². The molecular formula is C20H19Cl2N3O2S. The monoisotopic (exact) mass is 435 g/mol. The summed E-state index contributed by atoms with van der Waals surface area (Å²) in [5.41, 5.74) is 1.55. The molecule has 0 unspecified atom stereocenters. The average molecular weight is 436 g/mol. The first-order valence-electron chi connectivity index (χ1n) is 9.06. The lowest BCUT2D eigenvalue weighted by Gasteiger charge is -2.09. The lowest BCUT2D eigenvalue weighted by molar-refractivity contribution is 0.467. The second kappa shape index (κ2) is 7.78.